The molecule has 0 bridgehead atoms. The van der Waals surface area contributed by atoms with E-state index in [0.717, 1.165) is 16.9 Å². The van der Waals surface area contributed by atoms with Crippen LogP contribution >= 0.6 is 0 Å². The van der Waals surface area contributed by atoms with Gasteiger partial charge >= 0.3 is 6.03 Å². The highest BCUT2D eigenvalue weighted by atomic mass is 16.2. The lowest BCUT2D eigenvalue weighted by Gasteiger charge is -2.25. The Kier molecular flexibility index (Phi) is 6.78. The molecule has 1 saturated heterocycles. The summed E-state index contributed by atoms with van der Waals surface area (Å²) in [4.78, 5) is 39.4. The number of hydrogen-bond donors (Lipinski definition) is 2. The van der Waals surface area contributed by atoms with Crippen molar-refractivity contribution < 1.29 is 14.4 Å². The summed E-state index contributed by atoms with van der Waals surface area (Å²) in [5.41, 5.74) is 1.82. The average molecular weight is 422 g/mol. The quantitative estimate of drug-likeness (QED) is 0.634. The van der Waals surface area contributed by atoms with Gasteiger partial charge in [-0.15, -0.1) is 0 Å². The van der Waals surface area contributed by atoms with Gasteiger partial charge in [0.2, 0.25) is 5.91 Å². The third-order valence-electron chi connectivity index (χ3n) is 5.78. The van der Waals surface area contributed by atoms with Crippen LogP contribution in [0.2, 0.25) is 0 Å². The first-order chi connectivity index (χ1) is 14.8. The number of amides is 4. The van der Waals surface area contributed by atoms with Crippen LogP contribution < -0.4 is 10.6 Å². The number of nitrogens with zero attached hydrogens (tertiary/aromatic N) is 1. The van der Waals surface area contributed by atoms with Crippen molar-refractivity contribution in [2.45, 2.75) is 52.1 Å². The van der Waals surface area contributed by atoms with Crippen LogP contribution in [0.4, 0.5) is 4.79 Å². The molecule has 1 aliphatic heterocycles. The van der Waals surface area contributed by atoms with Gasteiger partial charge in [0.05, 0.1) is 6.04 Å². The van der Waals surface area contributed by atoms with E-state index < -0.39 is 17.5 Å². The molecule has 4 amide bonds. The molecule has 0 radical (unpaired) electrons. The van der Waals surface area contributed by atoms with Crippen LogP contribution in [-0.4, -0.2) is 29.3 Å². The summed E-state index contributed by atoms with van der Waals surface area (Å²) in [6.45, 7) is 7.78. The predicted molar refractivity (Wildman–Crippen MR) is 120 cm³/mol. The molecule has 1 fully saturated rings. The third kappa shape index (κ3) is 4.79. The van der Waals surface area contributed by atoms with E-state index in [1.165, 1.54) is 5.56 Å². The SMILES string of the molecule is CCC1(c2ccccc2)NC(=O)N(CC(=O)NC(C)c2ccc(CC(C)C)cc2)C1=O. The topological polar surface area (TPSA) is 78.5 Å². The molecule has 2 unspecified atom stereocenters. The summed E-state index contributed by atoms with van der Waals surface area (Å²) in [6, 6.07) is 16.5. The second kappa shape index (κ2) is 9.33. The van der Waals surface area contributed by atoms with Crippen LogP contribution in [0.3, 0.4) is 0 Å². The lowest BCUT2D eigenvalue weighted by molar-refractivity contribution is -0.135. The number of benzene rings is 2. The van der Waals surface area contributed by atoms with Gasteiger partial charge in [-0.2, -0.15) is 0 Å². The summed E-state index contributed by atoms with van der Waals surface area (Å²) < 4.78 is 0. The van der Waals surface area contributed by atoms with E-state index in [1.54, 1.807) is 0 Å². The van der Waals surface area contributed by atoms with Crippen molar-refractivity contribution in [1.82, 2.24) is 15.5 Å². The van der Waals surface area contributed by atoms with E-state index in [9.17, 15) is 14.4 Å². The van der Waals surface area contributed by atoms with Gasteiger partial charge in [0, 0.05) is 0 Å². The van der Waals surface area contributed by atoms with Gasteiger partial charge in [-0.1, -0.05) is 75.4 Å². The zero-order valence-corrected chi connectivity index (χ0v) is 18.6. The van der Waals surface area contributed by atoms with Crippen molar-refractivity contribution in [3.05, 3.63) is 71.3 Å². The second-order valence-electron chi connectivity index (χ2n) is 8.58. The lowest BCUT2D eigenvalue weighted by atomic mass is 9.87. The highest BCUT2D eigenvalue weighted by molar-refractivity contribution is 6.09. The first-order valence-corrected chi connectivity index (χ1v) is 10.8. The minimum absolute atomic E-state index is 0.230. The number of urea groups is 1. The highest BCUT2D eigenvalue weighted by Gasteiger charge is 2.51. The van der Waals surface area contributed by atoms with Gasteiger partial charge in [0.15, 0.2) is 0 Å². The van der Waals surface area contributed by atoms with Crippen molar-refractivity contribution in [1.29, 1.82) is 0 Å². The second-order valence-corrected chi connectivity index (χ2v) is 8.58. The van der Waals surface area contributed by atoms with E-state index in [-0.39, 0.29) is 18.5 Å². The minimum atomic E-state index is -1.13. The fraction of sp³-hybridized carbons (Fsp3) is 0.400. The van der Waals surface area contributed by atoms with Crippen LogP contribution in [0.1, 0.15) is 56.8 Å². The monoisotopic (exact) mass is 421 g/mol. The van der Waals surface area contributed by atoms with Gasteiger partial charge in [-0.25, -0.2) is 4.79 Å². The number of carbonyl (C=O) groups excluding carboxylic acids is 3. The van der Waals surface area contributed by atoms with Gasteiger partial charge < -0.3 is 10.6 Å². The fourth-order valence-corrected chi connectivity index (χ4v) is 4.06. The Morgan fingerprint density at radius 2 is 1.68 bits per heavy atom. The van der Waals surface area contributed by atoms with Gasteiger partial charge in [-0.05, 0) is 42.4 Å². The number of carbonyl (C=O) groups is 3. The summed E-state index contributed by atoms with van der Waals surface area (Å²) >= 11 is 0. The molecule has 2 aromatic rings. The van der Waals surface area contributed by atoms with E-state index in [4.69, 9.17) is 0 Å². The van der Waals surface area contributed by atoms with Crippen LogP contribution in [0.15, 0.2) is 54.6 Å². The summed E-state index contributed by atoms with van der Waals surface area (Å²) in [5.74, 6) is -0.187. The largest absolute Gasteiger partial charge is 0.348 e. The van der Waals surface area contributed by atoms with Crippen LogP contribution in [0.5, 0.6) is 0 Å². The van der Waals surface area contributed by atoms with Crippen molar-refractivity contribution in [2.24, 2.45) is 5.92 Å². The highest BCUT2D eigenvalue weighted by Crippen LogP contribution is 2.32. The number of hydrogen-bond acceptors (Lipinski definition) is 3. The number of imide groups is 1. The number of nitrogens with one attached hydrogen (secondary N) is 2. The first kappa shape index (κ1) is 22.5. The molecule has 6 nitrogen and oxygen atoms in total. The van der Waals surface area contributed by atoms with Crippen molar-refractivity contribution >= 4 is 17.8 Å². The van der Waals surface area contributed by atoms with Crippen LogP contribution in [0, 0.1) is 5.92 Å². The van der Waals surface area contributed by atoms with Gasteiger partial charge in [0.1, 0.15) is 12.1 Å². The Balaban J connectivity index is 1.66. The Bertz CT molecular complexity index is 940. The standard InChI is InChI=1S/C25H31N3O3/c1-5-25(21-9-7-6-8-10-21)23(30)28(24(31)27-25)16-22(29)26-18(4)20-13-11-19(12-14-20)15-17(2)3/h6-14,17-18H,5,15-16H2,1-4H3,(H,26,29)(H,27,31). The normalized spacial score (nSPS) is 19.5. The zero-order chi connectivity index (χ0) is 22.6. The Hall–Kier alpha value is -3.15. The van der Waals surface area contributed by atoms with Crippen molar-refractivity contribution in [2.75, 3.05) is 6.54 Å². The molecule has 31 heavy (non-hydrogen) atoms. The molecule has 6 heteroatoms. The molecule has 3 rings (SSSR count). The molecular weight excluding hydrogens is 390 g/mol. The molecule has 2 atom stereocenters. The summed E-state index contributed by atoms with van der Waals surface area (Å²) in [6.07, 6.45) is 1.41. The molecule has 1 heterocycles. The third-order valence-corrected chi connectivity index (χ3v) is 5.78. The smallest absolute Gasteiger partial charge is 0.325 e. The molecule has 2 aromatic carbocycles. The maximum atomic E-state index is 13.1. The van der Waals surface area contributed by atoms with E-state index >= 15 is 0 Å². The molecule has 0 aromatic heterocycles. The molecule has 164 valence electrons. The van der Waals surface area contributed by atoms with Crippen molar-refractivity contribution in [3.63, 3.8) is 0 Å². The average Bonchev–Trinajstić information content (AvgIpc) is 2.99. The molecule has 1 aliphatic rings. The molecule has 2 N–H and O–H groups in total. The van der Waals surface area contributed by atoms with Crippen molar-refractivity contribution in [3.8, 4) is 0 Å². The lowest BCUT2D eigenvalue weighted by Crippen LogP contribution is -2.45. The first-order valence-electron chi connectivity index (χ1n) is 10.8. The maximum absolute atomic E-state index is 13.1. The van der Waals surface area contributed by atoms with Crippen LogP contribution in [-0.2, 0) is 21.5 Å². The van der Waals surface area contributed by atoms with Crippen LogP contribution in [0.25, 0.3) is 0 Å². The molecular formula is C25H31N3O3. The Morgan fingerprint density at radius 3 is 2.26 bits per heavy atom. The molecule has 0 spiro atoms. The van der Waals surface area contributed by atoms with Gasteiger partial charge in [0.25, 0.3) is 5.91 Å². The minimum Gasteiger partial charge on any atom is -0.348 e. The molecule has 0 aliphatic carbocycles. The van der Waals surface area contributed by atoms with Gasteiger partial charge in [-0.3, -0.25) is 14.5 Å². The maximum Gasteiger partial charge on any atom is 0.325 e. The Labute approximate surface area is 184 Å². The predicted octanol–water partition coefficient (Wildman–Crippen LogP) is 3.92. The van der Waals surface area contributed by atoms with E-state index in [0.29, 0.717) is 17.9 Å². The zero-order valence-electron chi connectivity index (χ0n) is 18.6. The Morgan fingerprint density at radius 1 is 1.03 bits per heavy atom. The van der Waals surface area contributed by atoms with E-state index in [1.807, 2.05) is 56.3 Å². The summed E-state index contributed by atoms with van der Waals surface area (Å²) in [5, 5.41) is 5.70. The molecule has 0 saturated carbocycles. The number of rotatable bonds is 8. The fourth-order valence-electron chi connectivity index (χ4n) is 4.06. The summed E-state index contributed by atoms with van der Waals surface area (Å²) in [7, 11) is 0. The van der Waals surface area contributed by atoms with E-state index in [2.05, 4.69) is 36.6 Å².